The van der Waals surface area contributed by atoms with Gasteiger partial charge in [-0.15, -0.1) is 24.0 Å². The van der Waals surface area contributed by atoms with Crippen LogP contribution in [-0.2, 0) is 6.42 Å². The SMILES string of the molecule is I.c1coc(CCN=C(NC2CCCC2)N2CCC(N3CCCCC3)C2)c1. The Labute approximate surface area is 181 Å². The molecule has 0 radical (unpaired) electrons. The Balaban J connectivity index is 0.00000210. The third-order valence-corrected chi connectivity index (χ3v) is 6.26. The van der Waals surface area contributed by atoms with E-state index in [0.29, 0.717) is 6.04 Å². The second-order valence-corrected chi connectivity index (χ2v) is 8.15. The zero-order valence-corrected chi connectivity index (χ0v) is 18.8. The van der Waals surface area contributed by atoms with E-state index in [-0.39, 0.29) is 24.0 Å². The number of furan rings is 1. The van der Waals surface area contributed by atoms with E-state index >= 15 is 0 Å². The molecule has 3 heterocycles. The number of guanidine groups is 1. The molecule has 1 saturated carbocycles. The Kier molecular flexibility index (Phi) is 8.30. The Morgan fingerprint density at radius 1 is 1.07 bits per heavy atom. The summed E-state index contributed by atoms with van der Waals surface area (Å²) in [5, 5.41) is 3.79. The standard InChI is InChI=1S/C21H34N4O.HI/c1-4-13-24(14-5-1)19-11-15-25(17-19)21(23-18-7-2-3-8-18)22-12-10-20-9-6-16-26-20;/h6,9,16,18-19H,1-5,7-8,10-15,17H2,(H,22,23);1H. The number of hydrogen-bond acceptors (Lipinski definition) is 3. The van der Waals surface area contributed by atoms with Crippen molar-refractivity contribution in [2.24, 2.45) is 4.99 Å². The van der Waals surface area contributed by atoms with Crippen molar-refractivity contribution in [3.05, 3.63) is 24.2 Å². The Bertz CT molecular complexity index is 565. The quantitative estimate of drug-likeness (QED) is 0.390. The van der Waals surface area contributed by atoms with Crippen molar-refractivity contribution >= 4 is 29.9 Å². The van der Waals surface area contributed by atoms with Crippen molar-refractivity contribution in [2.45, 2.75) is 69.9 Å². The number of aliphatic imine (C=N–C) groups is 1. The summed E-state index contributed by atoms with van der Waals surface area (Å²) in [5.41, 5.74) is 0. The van der Waals surface area contributed by atoms with E-state index in [1.807, 2.05) is 12.1 Å². The van der Waals surface area contributed by atoms with Crippen LogP contribution in [0.15, 0.2) is 27.8 Å². The minimum atomic E-state index is 0. The van der Waals surface area contributed by atoms with Crippen LogP contribution in [0.25, 0.3) is 0 Å². The summed E-state index contributed by atoms with van der Waals surface area (Å²) in [6.45, 7) is 5.66. The highest BCUT2D eigenvalue weighted by Crippen LogP contribution is 2.22. The zero-order valence-electron chi connectivity index (χ0n) is 16.4. The van der Waals surface area contributed by atoms with Gasteiger partial charge in [-0.2, -0.15) is 0 Å². The normalized spacial score (nSPS) is 25.0. The first-order valence-electron chi connectivity index (χ1n) is 10.7. The molecular weight excluding hydrogens is 451 g/mol. The third-order valence-electron chi connectivity index (χ3n) is 6.26. The maximum atomic E-state index is 5.46. The summed E-state index contributed by atoms with van der Waals surface area (Å²) in [4.78, 5) is 10.2. The van der Waals surface area contributed by atoms with Gasteiger partial charge in [0.25, 0.3) is 0 Å². The fourth-order valence-corrected chi connectivity index (χ4v) is 4.73. The van der Waals surface area contributed by atoms with Crippen LogP contribution in [-0.4, -0.2) is 60.6 Å². The predicted molar refractivity (Wildman–Crippen MR) is 121 cm³/mol. The van der Waals surface area contributed by atoms with Crippen LogP contribution in [0.2, 0.25) is 0 Å². The maximum Gasteiger partial charge on any atom is 0.194 e. The molecule has 5 nitrogen and oxygen atoms in total. The van der Waals surface area contributed by atoms with Crippen molar-refractivity contribution < 1.29 is 4.42 Å². The number of hydrogen-bond donors (Lipinski definition) is 1. The summed E-state index contributed by atoms with van der Waals surface area (Å²) in [5.74, 6) is 2.17. The number of nitrogens with zero attached hydrogens (tertiary/aromatic N) is 3. The van der Waals surface area contributed by atoms with Crippen LogP contribution < -0.4 is 5.32 Å². The fraction of sp³-hybridized carbons (Fsp3) is 0.762. The predicted octanol–water partition coefficient (Wildman–Crippen LogP) is 3.89. The number of rotatable bonds is 5. The van der Waals surface area contributed by atoms with Crippen LogP contribution in [0.4, 0.5) is 0 Å². The van der Waals surface area contributed by atoms with Crippen LogP contribution in [0.5, 0.6) is 0 Å². The molecule has 1 aliphatic carbocycles. The molecule has 3 fully saturated rings. The van der Waals surface area contributed by atoms with Crippen molar-refractivity contribution in [1.29, 1.82) is 0 Å². The van der Waals surface area contributed by atoms with Gasteiger partial charge in [0.05, 0.1) is 6.26 Å². The van der Waals surface area contributed by atoms with E-state index in [2.05, 4.69) is 15.1 Å². The van der Waals surface area contributed by atoms with E-state index in [1.54, 1.807) is 6.26 Å². The molecule has 1 aromatic rings. The average molecular weight is 486 g/mol. The van der Waals surface area contributed by atoms with Crippen LogP contribution in [0.3, 0.4) is 0 Å². The Hall–Kier alpha value is -0.760. The highest BCUT2D eigenvalue weighted by atomic mass is 127. The van der Waals surface area contributed by atoms with Gasteiger partial charge in [-0.3, -0.25) is 9.89 Å². The lowest BCUT2D eigenvalue weighted by Gasteiger charge is -2.32. The van der Waals surface area contributed by atoms with E-state index in [4.69, 9.17) is 9.41 Å². The molecule has 1 unspecified atom stereocenters. The molecule has 2 saturated heterocycles. The monoisotopic (exact) mass is 486 g/mol. The summed E-state index contributed by atoms with van der Waals surface area (Å²) < 4.78 is 5.46. The molecule has 27 heavy (non-hydrogen) atoms. The van der Waals surface area contributed by atoms with Crippen LogP contribution in [0, 0.1) is 0 Å². The highest BCUT2D eigenvalue weighted by Gasteiger charge is 2.31. The lowest BCUT2D eigenvalue weighted by Crippen LogP contribution is -2.47. The van der Waals surface area contributed by atoms with Gasteiger partial charge in [-0.25, -0.2) is 0 Å². The summed E-state index contributed by atoms with van der Waals surface area (Å²) in [7, 11) is 0. The second-order valence-electron chi connectivity index (χ2n) is 8.15. The van der Waals surface area contributed by atoms with Gasteiger partial charge < -0.3 is 14.6 Å². The third kappa shape index (κ3) is 5.86. The molecule has 1 N–H and O–H groups in total. The molecule has 0 bridgehead atoms. The molecule has 2 aliphatic heterocycles. The number of likely N-dealkylation sites (tertiary alicyclic amines) is 2. The zero-order chi connectivity index (χ0) is 17.6. The summed E-state index contributed by atoms with van der Waals surface area (Å²) in [6.07, 6.45) is 13.4. The first-order chi connectivity index (χ1) is 12.9. The highest BCUT2D eigenvalue weighted by molar-refractivity contribution is 14.0. The molecule has 4 rings (SSSR count). The molecule has 6 heteroatoms. The number of halogens is 1. The van der Waals surface area contributed by atoms with Crippen LogP contribution in [0.1, 0.15) is 57.1 Å². The lowest BCUT2D eigenvalue weighted by molar-refractivity contribution is 0.168. The minimum absolute atomic E-state index is 0. The molecular formula is C21H35IN4O. The van der Waals surface area contributed by atoms with E-state index in [1.165, 1.54) is 64.5 Å². The lowest BCUT2D eigenvalue weighted by atomic mass is 10.1. The van der Waals surface area contributed by atoms with Gasteiger partial charge in [-0.05, 0) is 57.3 Å². The maximum absolute atomic E-state index is 5.46. The fourth-order valence-electron chi connectivity index (χ4n) is 4.73. The topological polar surface area (TPSA) is 44.0 Å². The molecule has 0 amide bonds. The van der Waals surface area contributed by atoms with Gasteiger partial charge in [0.15, 0.2) is 5.96 Å². The van der Waals surface area contributed by atoms with E-state index < -0.39 is 0 Å². The summed E-state index contributed by atoms with van der Waals surface area (Å²) >= 11 is 0. The van der Waals surface area contributed by atoms with Gasteiger partial charge in [0.2, 0.25) is 0 Å². The van der Waals surface area contributed by atoms with Crippen molar-refractivity contribution in [2.75, 3.05) is 32.7 Å². The largest absolute Gasteiger partial charge is 0.469 e. The second kappa shape index (κ2) is 10.7. The summed E-state index contributed by atoms with van der Waals surface area (Å²) in [6, 6.07) is 5.34. The molecule has 1 atom stereocenters. The van der Waals surface area contributed by atoms with Crippen LogP contribution >= 0.6 is 24.0 Å². The molecule has 3 aliphatic rings. The molecule has 0 spiro atoms. The Morgan fingerprint density at radius 3 is 2.63 bits per heavy atom. The van der Waals surface area contributed by atoms with Crippen molar-refractivity contribution in [3.63, 3.8) is 0 Å². The first-order valence-corrected chi connectivity index (χ1v) is 10.7. The van der Waals surface area contributed by atoms with Gasteiger partial charge in [0, 0.05) is 38.1 Å². The van der Waals surface area contributed by atoms with E-state index in [9.17, 15) is 0 Å². The Morgan fingerprint density at radius 2 is 1.89 bits per heavy atom. The van der Waals surface area contributed by atoms with Gasteiger partial charge >= 0.3 is 0 Å². The van der Waals surface area contributed by atoms with Crippen molar-refractivity contribution in [3.8, 4) is 0 Å². The average Bonchev–Trinajstić information content (AvgIpc) is 3.44. The smallest absolute Gasteiger partial charge is 0.194 e. The van der Waals surface area contributed by atoms with E-state index in [0.717, 1.165) is 43.8 Å². The molecule has 1 aromatic heterocycles. The number of nitrogens with one attached hydrogen (secondary N) is 1. The minimum Gasteiger partial charge on any atom is -0.469 e. The molecule has 0 aromatic carbocycles. The van der Waals surface area contributed by atoms with Gasteiger partial charge in [0.1, 0.15) is 5.76 Å². The van der Waals surface area contributed by atoms with Gasteiger partial charge in [-0.1, -0.05) is 19.3 Å². The van der Waals surface area contributed by atoms with Crippen molar-refractivity contribution in [1.82, 2.24) is 15.1 Å². The molecule has 152 valence electrons. The first kappa shape index (κ1) is 21.0. The number of piperidine rings is 1.